The standard InChI is InChI=1S/C14H27NO.C2H6/c1-4-14(2,3)13(16)12(15)10-11-8-6-5-7-9-11;1-2/h11-12H,4-10,15H2,1-3H3;1-2H3. The van der Waals surface area contributed by atoms with Crippen LogP contribution in [0.25, 0.3) is 0 Å². The van der Waals surface area contributed by atoms with Crippen LogP contribution in [0.5, 0.6) is 0 Å². The van der Waals surface area contributed by atoms with Crippen LogP contribution in [0.2, 0.25) is 0 Å². The zero-order valence-electron chi connectivity index (χ0n) is 13.1. The van der Waals surface area contributed by atoms with Crippen molar-refractivity contribution in [2.24, 2.45) is 17.1 Å². The number of nitrogens with two attached hydrogens (primary N) is 1. The summed E-state index contributed by atoms with van der Waals surface area (Å²) in [5.74, 6) is 0.945. The highest BCUT2D eigenvalue weighted by molar-refractivity contribution is 5.88. The predicted octanol–water partition coefficient (Wildman–Crippen LogP) is 4.32. The molecule has 0 amide bonds. The van der Waals surface area contributed by atoms with Crippen LogP contribution >= 0.6 is 0 Å². The lowest BCUT2D eigenvalue weighted by Crippen LogP contribution is -2.41. The van der Waals surface area contributed by atoms with Crippen molar-refractivity contribution in [3.05, 3.63) is 0 Å². The fraction of sp³-hybridized carbons (Fsp3) is 0.938. The van der Waals surface area contributed by atoms with Gasteiger partial charge in [-0.2, -0.15) is 0 Å². The Labute approximate surface area is 114 Å². The van der Waals surface area contributed by atoms with Gasteiger partial charge in [-0.05, 0) is 18.8 Å². The fourth-order valence-corrected chi connectivity index (χ4v) is 2.57. The van der Waals surface area contributed by atoms with Crippen LogP contribution in [0.4, 0.5) is 0 Å². The monoisotopic (exact) mass is 255 g/mol. The molecule has 0 bridgehead atoms. The molecule has 1 aliphatic carbocycles. The van der Waals surface area contributed by atoms with Gasteiger partial charge in [0.25, 0.3) is 0 Å². The molecule has 2 N–H and O–H groups in total. The molecule has 2 heteroatoms. The maximum atomic E-state index is 12.1. The highest BCUT2D eigenvalue weighted by atomic mass is 16.1. The van der Waals surface area contributed by atoms with Crippen molar-refractivity contribution in [2.45, 2.75) is 85.6 Å². The summed E-state index contributed by atoms with van der Waals surface area (Å²) in [6.45, 7) is 10.1. The van der Waals surface area contributed by atoms with Crippen LogP contribution in [0, 0.1) is 11.3 Å². The molecule has 0 aliphatic heterocycles. The van der Waals surface area contributed by atoms with Crippen molar-refractivity contribution < 1.29 is 4.79 Å². The lowest BCUT2D eigenvalue weighted by Gasteiger charge is -2.29. The summed E-state index contributed by atoms with van der Waals surface area (Å²) in [6.07, 6.45) is 8.33. The molecule has 18 heavy (non-hydrogen) atoms. The SMILES string of the molecule is CC.CCC(C)(C)C(=O)C(N)CC1CCCCC1. The van der Waals surface area contributed by atoms with Crippen molar-refractivity contribution in [2.75, 3.05) is 0 Å². The van der Waals surface area contributed by atoms with Crippen LogP contribution in [0.15, 0.2) is 0 Å². The van der Waals surface area contributed by atoms with Crippen LogP contribution in [-0.2, 0) is 4.79 Å². The molecule has 0 aromatic carbocycles. The molecule has 1 unspecified atom stereocenters. The van der Waals surface area contributed by atoms with E-state index < -0.39 is 0 Å². The van der Waals surface area contributed by atoms with Gasteiger partial charge in [-0.3, -0.25) is 4.79 Å². The number of carbonyl (C=O) groups excluding carboxylic acids is 1. The van der Waals surface area contributed by atoms with Crippen molar-refractivity contribution in [3.8, 4) is 0 Å². The van der Waals surface area contributed by atoms with E-state index >= 15 is 0 Å². The number of hydrogen-bond donors (Lipinski definition) is 1. The van der Waals surface area contributed by atoms with Gasteiger partial charge in [0.05, 0.1) is 6.04 Å². The van der Waals surface area contributed by atoms with Gasteiger partial charge in [-0.1, -0.05) is 66.7 Å². The average Bonchev–Trinajstić information content (AvgIpc) is 2.41. The second-order valence-corrected chi connectivity index (χ2v) is 5.95. The van der Waals surface area contributed by atoms with Gasteiger partial charge in [0.2, 0.25) is 0 Å². The molecule has 0 aromatic rings. The van der Waals surface area contributed by atoms with Crippen LogP contribution in [-0.4, -0.2) is 11.8 Å². The molecule has 1 fully saturated rings. The molecule has 0 radical (unpaired) electrons. The predicted molar refractivity (Wildman–Crippen MR) is 79.6 cm³/mol. The Morgan fingerprint density at radius 2 is 1.72 bits per heavy atom. The largest absolute Gasteiger partial charge is 0.321 e. The summed E-state index contributed by atoms with van der Waals surface area (Å²) in [4.78, 5) is 12.1. The molecule has 0 saturated heterocycles. The van der Waals surface area contributed by atoms with Crippen molar-refractivity contribution >= 4 is 5.78 Å². The summed E-state index contributed by atoms with van der Waals surface area (Å²) in [6, 6.07) is -0.238. The smallest absolute Gasteiger partial charge is 0.155 e. The van der Waals surface area contributed by atoms with Gasteiger partial charge >= 0.3 is 0 Å². The van der Waals surface area contributed by atoms with E-state index in [1.807, 2.05) is 27.7 Å². The van der Waals surface area contributed by atoms with Gasteiger partial charge in [0.15, 0.2) is 5.78 Å². The second-order valence-electron chi connectivity index (χ2n) is 5.95. The Kier molecular flexibility index (Phi) is 8.51. The molecular formula is C16H33NO. The van der Waals surface area contributed by atoms with Gasteiger partial charge in [-0.25, -0.2) is 0 Å². The summed E-state index contributed by atoms with van der Waals surface area (Å²) in [5.41, 5.74) is 5.82. The molecule has 0 heterocycles. The summed E-state index contributed by atoms with van der Waals surface area (Å²) in [5, 5.41) is 0. The van der Waals surface area contributed by atoms with Crippen LogP contribution in [0.1, 0.15) is 79.6 Å². The number of carbonyl (C=O) groups is 1. The molecule has 108 valence electrons. The van der Waals surface area contributed by atoms with Gasteiger partial charge in [0.1, 0.15) is 0 Å². The molecule has 1 atom stereocenters. The van der Waals surface area contributed by atoms with Gasteiger partial charge in [-0.15, -0.1) is 0 Å². The van der Waals surface area contributed by atoms with Crippen molar-refractivity contribution in [1.82, 2.24) is 0 Å². The lowest BCUT2D eigenvalue weighted by atomic mass is 9.77. The molecule has 1 aliphatic rings. The minimum absolute atomic E-state index is 0.238. The first-order valence-electron chi connectivity index (χ1n) is 7.77. The minimum Gasteiger partial charge on any atom is -0.321 e. The topological polar surface area (TPSA) is 43.1 Å². The van der Waals surface area contributed by atoms with Crippen molar-refractivity contribution in [1.29, 1.82) is 0 Å². The van der Waals surface area contributed by atoms with E-state index in [1.165, 1.54) is 32.1 Å². The molecular weight excluding hydrogens is 222 g/mol. The molecule has 0 spiro atoms. The molecule has 1 rings (SSSR count). The van der Waals surface area contributed by atoms with Crippen molar-refractivity contribution in [3.63, 3.8) is 0 Å². The first-order valence-corrected chi connectivity index (χ1v) is 7.77. The maximum absolute atomic E-state index is 12.1. The third-order valence-electron chi connectivity index (χ3n) is 4.20. The number of ketones is 1. The van der Waals surface area contributed by atoms with Crippen LogP contribution < -0.4 is 5.73 Å². The van der Waals surface area contributed by atoms with E-state index in [0.29, 0.717) is 5.92 Å². The molecule has 1 saturated carbocycles. The fourth-order valence-electron chi connectivity index (χ4n) is 2.57. The average molecular weight is 255 g/mol. The Morgan fingerprint density at radius 1 is 1.22 bits per heavy atom. The quantitative estimate of drug-likeness (QED) is 0.795. The Morgan fingerprint density at radius 3 is 2.17 bits per heavy atom. The zero-order valence-corrected chi connectivity index (χ0v) is 13.1. The van der Waals surface area contributed by atoms with E-state index in [-0.39, 0.29) is 17.2 Å². The summed E-state index contributed by atoms with van der Waals surface area (Å²) >= 11 is 0. The Balaban J connectivity index is 0.00000137. The van der Waals surface area contributed by atoms with E-state index in [9.17, 15) is 4.79 Å². The van der Waals surface area contributed by atoms with E-state index in [1.54, 1.807) is 0 Å². The number of rotatable bonds is 5. The maximum Gasteiger partial charge on any atom is 0.155 e. The van der Waals surface area contributed by atoms with E-state index in [4.69, 9.17) is 5.73 Å². The Hall–Kier alpha value is -0.370. The highest BCUT2D eigenvalue weighted by Crippen LogP contribution is 2.29. The van der Waals surface area contributed by atoms with Crippen LogP contribution in [0.3, 0.4) is 0 Å². The third kappa shape index (κ3) is 5.51. The zero-order chi connectivity index (χ0) is 14.2. The van der Waals surface area contributed by atoms with Gasteiger partial charge in [0, 0.05) is 5.41 Å². The second kappa shape index (κ2) is 8.68. The minimum atomic E-state index is -0.242. The number of Topliss-reactive ketones (excluding diaryl/α,β-unsaturated/α-hetero) is 1. The highest BCUT2D eigenvalue weighted by Gasteiger charge is 2.31. The molecule has 2 nitrogen and oxygen atoms in total. The first kappa shape index (κ1) is 17.6. The lowest BCUT2D eigenvalue weighted by molar-refractivity contribution is -0.129. The van der Waals surface area contributed by atoms with Gasteiger partial charge < -0.3 is 5.73 Å². The number of hydrogen-bond acceptors (Lipinski definition) is 2. The van der Waals surface area contributed by atoms with E-state index in [2.05, 4.69) is 6.92 Å². The third-order valence-corrected chi connectivity index (χ3v) is 4.20. The molecule has 0 aromatic heterocycles. The summed E-state index contributed by atoms with van der Waals surface area (Å²) < 4.78 is 0. The first-order chi connectivity index (χ1) is 8.47. The Bertz CT molecular complexity index is 229. The summed E-state index contributed by atoms with van der Waals surface area (Å²) in [7, 11) is 0. The normalized spacial score (nSPS) is 18.8. The van der Waals surface area contributed by atoms with E-state index in [0.717, 1.165) is 12.8 Å².